The fourth-order valence-electron chi connectivity index (χ4n) is 4.29. The SMILES string of the molecule is COc1ccccc1CN(C)C(=O)CSc1nc2sc(C)c(C)c2c(=O)n1C1CCCC1. The molecule has 1 aromatic carbocycles. The van der Waals surface area contributed by atoms with Gasteiger partial charge in [-0.2, -0.15) is 0 Å². The van der Waals surface area contributed by atoms with Gasteiger partial charge in [0.1, 0.15) is 10.6 Å². The van der Waals surface area contributed by atoms with Gasteiger partial charge < -0.3 is 9.64 Å². The summed E-state index contributed by atoms with van der Waals surface area (Å²) < 4.78 is 7.27. The first-order valence-electron chi connectivity index (χ1n) is 10.9. The van der Waals surface area contributed by atoms with Crippen molar-refractivity contribution in [3.63, 3.8) is 0 Å². The van der Waals surface area contributed by atoms with Gasteiger partial charge in [0.2, 0.25) is 5.91 Å². The number of ether oxygens (including phenoxy) is 1. The Morgan fingerprint density at radius 2 is 2.00 bits per heavy atom. The Hall–Kier alpha value is -2.32. The van der Waals surface area contributed by atoms with Crippen LogP contribution >= 0.6 is 23.1 Å². The molecule has 1 saturated carbocycles. The Labute approximate surface area is 196 Å². The van der Waals surface area contributed by atoms with Crippen LogP contribution < -0.4 is 10.3 Å². The maximum atomic E-state index is 13.5. The molecule has 0 N–H and O–H groups in total. The highest BCUT2D eigenvalue weighted by Crippen LogP contribution is 2.34. The van der Waals surface area contributed by atoms with Crippen LogP contribution in [0.1, 0.15) is 47.7 Å². The number of para-hydroxylation sites is 1. The average Bonchev–Trinajstić information content (AvgIpc) is 3.40. The third-order valence-electron chi connectivity index (χ3n) is 6.24. The Morgan fingerprint density at radius 3 is 2.72 bits per heavy atom. The predicted molar refractivity (Wildman–Crippen MR) is 131 cm³/mol. The van der Waals surface area contributed by atoms with Crippen LogP contribution in [0.2, 0.25) is 0 Å². The summed E-state index contributed by atoms with van der Waals surface area (Å²) >= 11 is 2.93. The number of thioether (sulfide) groups is 1. The molecule has 170 valence electrons. The molecule has 2 heterocycles. The zero-order valence-corrected chi connectivity index (χ0v) is 20.6. The van der Waals surface area contributed by atoms with Crippen LogP contribution in [0.25, 0.3) is 10.2 Å². The smallest absolute Gasteiger partial charge is 0.263 e. The first kappa shape index (κ1) is 22.9. The van der Waals surface area contributed by atoms with Gasteiger partial charge in [-0.05, 0) is 38.3 Å². The van der Waals surface area contributed by atoms with E-state index in [1.807, 2.05) is 42.7 Å². The molecule has 0 unspecified atom stereocenters. The number of carbonyl (C=O) groups is 1. The monoisotopic (exact) mass is 471 g/mol. The number of fused-ring (bicyclic) bond motifs is 1. The predicted octanol–water partition coefficient (Wildman–Crippen LogP) is 4.95. The molecule has 0 aliphatic heterocycles. The largest absolute Gasteiger partial charge is 0.496 e. The lowest BCUT2D eigenvalue weighted by atomic mass is 10.2. The van der Waals surface area contributed by atoms with E-state index < -0.39 is 0 Å². The number of methoxy groups -OCH3 is 1. The van der Waals surface area contributed by atoms with Gasteiger partial charge in [0, 0.05) is 30.1 Å². The highest BCUT2D eigenvalue weighted by atomic mass is 32.2. The Kier molecular flexibility index (Phi) is 6.90. The number of rotatable bonds is 7. The van der Waals surface area contributed by atoms with Crippen LogP contribution in [0, 0.1) is 13.8 Å². The molecule has 32 heavy (non-hydrogen) atoms. The zero-order valence-electron chi connectivity index (χ0n) is 19.0. The van der Waals surface area contributed by atoms with Gasteiger partial charge in [-0.15, -0.1) is 11.3 Å². The molecular weight excluding hydrogens is 442 g/mol. The molecule has 0 radical (unpaired) electrons. The van der Waals surface area contributed by atoms with Crippen molar-refractivity contribution in [3.05, 3.63) is 50.6 Å². The van der Waals surface area contributed by atoms with Crippen molar-refractivity contribution in [1.82, 2.24) is 14.5 Å². The van der Waals surface area contributed by atoms with Gasteiger partial charge in [-0.25, -0.2) is 4.98 Å². The van der Waals surface area contributed by atoms with Gasteiger partial charge in [0.15, 0.2) is 5.16 Å². The van der Waals surface area contributed by atoms with E-state index in [1.54, 1.807) is 30.4 Å². The van der Waals surface area contributed by atoms with Gasteiger partial charge in [-0.3, -0.25) is 14.2 Å². The minimum absolute atomic E-state index is 0.00763. The van der Waals surface area contributed by atoms with Crippen LogP contribution in [-0.4, -0.2) is 40.3 Å². The molecule has 3 aromatic rings. The molecule has 1 aliphatic rings. The van der Waals surface area contributed by atoms with Crippen LogP contribution in [0.5, 0.6) is 5.75 Å². The number of carbonyl (C=O) groups excluding carboxylic acids is 1. The minimum Gasteiger partial charge on any atom is -0.496 e. The van der Waals surface area contributed by atoms with E-state index in [9.17, 15) is 9.59 Å². The summed E-state index contributed by atoms with van der Waals surface area (Å²) in [6, 6.07) is 7.88. The minimum atomic E-state index is -0.00763. The van der Waals surface area contributed by atoms with Gasteiger partial charge >= 0.3 is 0 Å². The van der Waals surface area contributed by atoms with E-state index in [0.717, 1.165) is 57.7 Å². The summed E-state index contributed by atoms with van der Waals surface area (Å²) in [5.74, 6) is 0.997. The second-order valence-electron chi connectivity index (χ2n) is 8.32. The van der Waals surface area contributed by atoms with E-state index in [4.69, 9.17) is 9.72 Å². The molecule has 0 atom stereocenters. The summed E-state index contributed by atoms with van der Waals surface area (Å²) in [6.45, 7) is 4.50. The number of thiophene rings is 1. The van der Waals surface area contributed by atoms with Crippen molar-refractivity contribution in [1.29, 1.82) is 0 Å². The van der Waals surface area contributed by atoms with E-state index in [2.05, 4.69) is 0 Å². The number of nitrogens with zero attached hydrogens (tertiary/aromatic N) is 3. The second kappa shape index (κ2) is 9.67. The second-order valence-corrected chi connectivity index (χ2v) is 10.5. The summed E-state index contributed by atoms with van der Waals surface area (Å²) in [5, 5.41) is 1.40. The number of hydrogen-bond donors (Lipinski definition) is 0. The molecule has 1 fully saturated rings. The van der Waals surface area contributed by atoms with Crippen LogP contribution in [-0.2, 0) is 11.3 Å². The first-order valence-corrected chi connectivity index (χ1v) is 12.7. The molecule has 1 aliphatic carbocycles. The quantitative estimate of drug-likeness (QED) is 0.360. The van der Waals surface area contributed by atoms with Gasteiger partial charge in [0.25, 0.3) is 5.56 Å². The van der Waals surface area contributed by atoms with Crippen molar-refractivity contribution in [3.8, 4) is 5.75 Å². The molecule has 0 spiro atoms. The van der Waals surface area contributed by atoms with E-state index in [-0.39, 0.29) is 23.3 Å². The fraction of sp³-hybridized carbons (Fsp3) is 0.458. The molecule has 0 saturated heterocycles. The summed E-state index contributed by atoms with van der Waals surface area (Å²) in [7, 11) is 3.43. The maximum Gasteiger partial charge on any atom is 0.263 e. The number of hydrogen-bond acceptors (Lipinski definition) is 6. The molecule has 1 amide bonds. The molecular formula is C24H29N3O3S2. The molecule has 2 aromatic heterocycles. The van der Waals surface area contributed by atoms with Crippen molar-refractivity contribution >= 4 is 39.2 Å². The van der Waals surface area contributed by atoms with Crippen molar-refractivity contribution < 1.29 is 9.53 Å². The summed E-state index contributed by atoms with van der Waals surface area (Å²) in [6.07, 6.45) is 4.23. The Morgan fingerprint density at radius 1 is 1.28 bits per heavy atom. The lowest BCUT2D eigenvalue weighted by Gasteiger charge is -2.20. The highest BCUT2D eigenvalue weighted by Gasteiger charge is 2.25. The van der Waals surface area contributed by atoms with E-state index in [1.165, 1.54) is 11.8 Å². The third kappa shape index (κ3) is 4.43. The molecule has 8 heteroatoms. The van der Waals surface area contributed by atoms with Crippen molar-refractivity contribution in [2.24, 2.45) is 0 Å². The fourth-order valence-corrected chi connectivity index (χ4v) is 6.37. The third-order valence-corrected chi connectivity index (χ3v) is 8.28. The van der Waals surface area contributed by atoms with E-state index in [0.29, 0.717) is 11.7 Å². The van der Waals surface area contributed by atoms with E-state index >= 15 is 0 Å². The summed E-state index contributed by atoms with van der Waals surface area (Å²) in [4.78, 5) is 34.8. The standard InChI is InChI=1S/C24H29N3O3S2/c1-15-16(2)32-22-21(15)23(29)27(18-10-6-7-11-18)24(25-22)31-14-20(28)26(3)13-17-9-5-8-12-19(17)30-4/h5,8-9,12,18H,6-7,10-11,13-14H2,1-4H3. The lowest BCUT2D eigenvalue weighted by molar-refractivity contribution is -0.127. The molecule has 6 nitrogen and oxygen atoms in total. The topological polar surface area (TPSA) is 64.4 Å². The number of benzene rings is 1. The molecule has 4 rings (SSSR count). The van der Waals surface area contributed by atoms with Gasteiger partial charge in [0.05, 0.1) is 18.2 Å². The number of aromatic nitrogens is 2. The Bertz CT molecular complexity index is 1200. The lowest BCUT2D eigenvalue weighted by Crippen LogP contribution is -2.29. The highest BCUT2D eigenvalue weighted by molar-refractivity contribution is 7.99. The normalized spacial score (nSPS) is 14.2. The first-order chi connectivity index (χ1) is 15.4. The summed E-state index contributed by atoms with van der Waals surface area (Å²) in [5.41, 5.74) is 2.03. The van der Waals surface area contributed by atoms with Crippen molar-refractivity contribution in [2.75, 3.05) is 19.9 Å². The van der Waals surface area contributed by atoms with Crippen LogP contribution in [0.15, 0.2) is 34.2 Å². The van der Waals surface area contributed by atoms with Crippen LogP contribution in [0.4, 0.5) is 0 Å². The van der Waals surface area contributed by atoms with Gasteiger partial charge in [-0.1, -0.05) is 42.8 Å². The maximum absolute atomic E-state index is 13.5. The number of aryl methyl sites for hydroxylation is 2. The number of amides is 1. The Balaban J connectivity index is 1.57. The molecule has 0 bridgehead atoms. The van der Waals surface area contributed by atoms with Crippen LogP contribution in [0.3, 0.4) is 0 Å². The van der Waals surface area contributed by atoms with Crippen molar-refractivity contribution in [2.45, 2.75) is 57.3 Å². The average molecular weight is 472 g/mol. The zero-order chi connectivity index (χ0) is 22.8.